The predicted octanol–water partition coefficient (Wildman–Crippen LogP) is 4.98. The van der Waals surface area contributed by atoms with Crippen LogP contribution < -0.4 is 14.8 Å². The highest BCUT2D eigenvalue weighted by Gasteiger charge is 2.15. The summed E-state index contributed by atoms with van der Waals surface area (Å²) in [6.07, 6.45) is 1.45. The Morgan fingerprint density at radius 2 is 1.89 bits per heavy atom. The molecule has 8 heteroatoms. The Morgan fingerprint density at radius 3 is 2.82 bits per heavy atom. The number of fused-ring (bicyclic) bond motifs is 2. The van der Waals surface area contributed by atoms with Crippen molar-refractivity contribution in [1.82, 2.24) is 9.97 Å². The molecule has 5 rings (SSSR count). The van der Waals surface area contributed by atoms with Crippen molar-refractivity contribution in [3.8, 4) is 21.9 Å². The van der Waals surface area contributed by atoms with Gasteiger partial charge in [0.2, 0.25) is 6.79 Å². The van der Waals surface area contributed by atoms with Crippen LogP contribution in [0.15, 0.2) is 48.8 Å². The predicted molar refractivity (Wildman–Crippen MR) is 103 cm³/mol. The normalized spacial score (nSPS) is 12.5. The number of ether oxygens (including phenoxy) is 2. The van der Waals surface area contributed by atoms with Crippen molar-refractivity contribution in [3.63, 3.8) is 0 Å². The van der Waals surface area contributed by atoms with Crippen molar-refractivity contribution in [1.29, 1.82) is 0 Å². The van der Waals surface area contributed by atoms with Gasteiger partial charge in [0, 0.05) is 17.0 Å². The van der Waals surface area contributed by atoms with Crippen LogP contribution in [-0.4, -0.2) is 16.8 Å². The number of nitrogens with zero attached hydrogens (tertiary/aromatic N) is 2. The molecule has 5 nitrogen and oxygen atoms in total. The Hall–Kier alpha value is -3.26. The summed E-state index contributed by atoms with van der Waals surface area (Å²) in [5.74, 6) is 1.12. The van der Waals surface area contributed by atoms with Crippen molar-refractivity contribution in [2.75, 3.05) is 12.1 Å². The van der Waals surface area contributed by atoms with Crippen LogP contribution in [0.4, 0.5) is 14.6 Å². The van der Waals surface area contributed by atoms with Crippen molar-refractivity contribution in [2.24, 2.45) is 0 Å². The van der Waals surface area contributed by atoms with Gasteiger partial charge in [-0.05, 0) is 42.0 Å². The zero-order chi connectivity index (χ0) is 19.1. The van der Waals surface area contributed by atoms with Crippen LogP contribution in [0.25, 0.3) is 20.7 Å². The molecule has 1 N–H and O–H groups in total. The lowest BCUT2D eigenvalue weighted by atomic mass is 10.1. The summed E-state index contributed by atoms with van der Waals surface area (Å²) in [6.45, 7) is 0.748. The highest BCUT2D eigenvalue weighted by atomic mass is 32.1. The van der Waals surface area contributed by atoms with Crippen LogP contribution in [0.1, 0.15) is 5.56 Å². The molecule has 28 heavy (non-hydrogen) atoms. The number of nitrogens with one attached hydrogen (secondary N) is 1. The number of hydrogen-bond acceptors (Lipinski definition) is 6. The molecular weight excluding hydrogens is 384 g/mol. The largest absolute Gasteiger partial charge is 0.454 e. The van der Waals surface area contributed by atoms with Gasteiger partial charge in [0.25, 0.3) is 0 Å². The molecule has 0 fully saturated rings. The molecule has 0 bridgehead atoms. The van der Waals surface area contributed by atoms with Crippen molar-refractivity contribution in [2.45, 2.75) is 6.54 Å². The standard InChI is InChI=1S/C20H13F2N3O2S/c21-12-2-3-14(22)13(6-12)18-7-15-19(28-18)20(25-9-24-15)23-8-11-1-4-16-17(5-11)27-10-26-16/h1-7,9H,8,10H2,(H,23,24,25). The summed E-state index contributed by atoms with van der Waals surface area (Å²) in [5.41, 5.74) is 1.89. The molecule has 0 saturated heterocycles. The first-order chi connectivity index (χ1) is 13.7. The molecule has 0 spiro atoms. The zero-order valence-corrected chi connectivity index (χ0v) is 15.2. The Kier molecular flexibility index (Phi) is 4.05. The highest BCUT2D eigenvalue weighted by Crippen LogP contribution is 2.37. The summed E-state index contributed by atoms with van der Waals surface area (Å²) in [6, 6.07) is 10.9. The van der Waals surface area contributed by atoms with Gasteiger partial charge in [-0.2, -0.15) is 0 Å². The number of hydrogen-bond donors (Lipinski definition) is 1. The maximum atomic E-state index is 14.1. The first-order valence-corrected chi connectivity index (χ1v) is 9.31. The van der Waals surface area contributed by atoms with E-state index >= 15 is 0 Å². The maximum absolute atomic E-state index is 14.1. The third-order valence-corrected chi connectivity index (χ3v) is 5.57. The van der Waals surface area contributed by atoms with Crippen LogP contribution in [0.2, 0.25) is 0 Å². The number of rotatable bonds is 4. The van der Waals surface area contributed by atoms with Gasteiger partial charge in [-0.1, -0.05) is 6.07 Å². The van der Waals surface area contributed by atoms with E-state index in [0.29, 0.717) is 28.5 Å². The molecule has 3 heterocycles. The van der Waals surface area contributed by atoms with E-state index in [-0.39, 0.29) is 12.4 Å². The van der Waals surface area contributed by atoms with E-state index < -0.39 is 11.6 Å². The minimum Gasteiger partial charge on any atom is -0.454 e. The number of benzene rings is 2. The first kappa shape index (κ1) is 16.9. The average molecular weight is 397 g/mol. The third kappa shape index (κ3) is 3.01. The van der Waals surface area contributed by atoms with Gasteiger partial charge >= 0.3 is 0 Å². The second-order valence-electron chi connectivity index (χ2n) is 6.21. The van der Waals surface area contributed by atoms with E-state index in [1.165, 1.54) is 23.7 Å². The molecule has 0 saturated carbocycles. The summed E-state index contributed by atoms with van der Waals surface area (Å²) in [4.78, 5) is 9.15. The number of aromatic nitrogens is 2. The summed E-state index contributed by atoms with van der Waals surface area (Å²) in [5, 5.41) is 3.28. The van der Waals surface area contributed by atoms with Crippen LogP contribution >= 0.6 is 11.3 Å². The van der Waals surface area contributed by atoms with E-state index in [9.17, 15) is 8.78 Å². The summed E-state index contributed by atoms with van der Waals surface area (Å²) >= 11 is 1.32. The monoisotopic (exact) mass is 397 g/mol. The van der Waals surface area contributed by atoms with E-state index in [4.69, 9.17) is 9.47 Å². The van der Waals surface area contributed by atoms with Gasteiger partial charge in [0.1, 0.15) is 23.8 Å². The van der Waals surface area contributed by atoms with E-state index in [0.717, 1.165) is 28.1 Å². The molecule has 0 amide bonds. The fraction of sp³-hybridized carbons (Fsp3) is 0.100. The molecule has 4 aromatic rings. The Balaban J connectivity index is 1.45. The van der Waals surface area contributed by atoms with Crippen LogP contribution in [0.3, 0.4) is 0 Å². The van der Waals surface area contributed by atoms with Crippen molar-refractivity contribution >= 4 is 27.4 Å². The lowest BCUT2D eigenvalue weighted by Gasteiger charge is -2.07. The number of thiophene rings is 1. The lowest BCUT2D eigenvalue weighted by Crippen LogP contribution is -2.01. The maximum Gasteiger partial charge on any atom is 0.231 e. The van der Waals surface area contributed by atoms with Crippen LogP contribution in [-0.2, 0) is 6.54 Å². The quantitative estimate of drug-likeness (QED) is 0.527. The van der Waals surface area contributed by atoms with Gasteiger partial charge in [-0.15, -0.1) is 11.3 Å². The van der Waals surface area contributed by atoms with Crippen molar-refractivity contribution < 1.29 is 18.3 Å². The highest BCUT2D eigenvalue weighted by molar-refractivity contribution is 7.22. The van der Waals surface area contributed by atoms with E-state index in [1.807, 2.05) is 18.2 Å². The van der Waals surface area contributed by atoms with E-state index in [1.54, 1.807) is 6.07 Å². The van der Waals surface area contributed by atoms with Gasteiger partial charge in [-0.3, -0.25) is 0 Å². The van der Waals surface area contributed by atoms with Crippen LogP contribution in [0.5, 0.6) is 11.5 Å². The minimum atomic E-state index is -0.485. The third-order valence-electron chi connectivity index (χ3n) is 4.40. The fourth-order valence-electron chi connectivity index (χ4n) is 3.04. The molecule has 0 aliphatic carbocycles. The summed E-state index contributed by atoms with van der Waals surface area (Å²) in [7, 11) is 0. The number of anilines is 1. The summed E-state index contributed by atoms with van der Waals surface area (Å²) < 4.78 is 39.2. The Morgan fingerprint density at radius 1 is 1.00 bits per heavy atom. The van der Waals surface area contributed by atoms with Gasteiger partial charge in [-0.25, -0.2) is 18.7 Å². The second kappa shape index (κ2) is 6.72. The fourth-order valence-corrected chi connectivity index (χ4v) is 4.13. The Bertz CT molecular complexity index is 1200. The lowest BCUT2D eigenvalue weighted by molar-refractivity contribution is 0.174. The average Bonchev–Trinajstić information content (AvgIpc) is 3.34. The molecular formula is C20H13F2N3O2S. The molecule has 1 aliphatic heterocycles. The molecule has 0 radical (unpaired) electrons. The van der Waals surface area contributed by atoms with Gasteiger partial charge in [0.05, 0.1) is 10.2 Å². The Labute approximate surface area is 162 Å². The SMILES string of the molecule is Fc1ccc(F)c(-c2cc3ncnc(NCc4ccc5c(c4)OCO5)c3s2)c1. The molecule has 1 aliphatic rings. The van der Waals surface area contributed by atoms with Crippen molar-refractivity contribution in [3.05, 3.63) is 66.0 Å². The molecule has 0 atom stereocenters. The smallest absolute Gasteiger partial charge is 0.231 e. The van der Waals surface area contributed by atoms with Crippen LogP contribution in [0, 0.1) is 11.6 Å². The first-order valence-electron chi connectivity index (χ1n) is 8.50. The second-order valence-corrected chi connectivity index (χ2v) is 7.26. The molecule has 140 valence electrons. The van der Waals surface area contributed by atoms with Gasteiger partial charge < -0.3 is 14.8 Å². The molecule has 2 aromatic heterocycles. The minimum absolute atomic E-state index is 0.213. The number of halogens is 2. The van der Waals surface area contributed by atoms with Gasteiger partial charge in [0.15, 0.2) is 11.5 Å². The van der Waals surface area contributed by atoms with E-state index in [2.05, 4.69) is 15.3 Å². The molecule has 2 aromatic carbocycles. The zero-order valence-electron chi connectivity index (χ0n) is 14.4. The molecule has 0 unspecified atom stereocenters. The topological polar surface area (TPSA) is 56.3 Å².